The maximum absolute atomic E-state index is 2.51. The molecule has 0 bridgehead atoms. The minimum absolute atomic E-state index is 0.139. The summed E-state index contributed by atoms with van der Waals surface area (Å²) in [7, 11) is -2.31. The Kier molecular flexibility index (Phi) is 13.5. The van der Waals surface area contributed by atoms with Crippen molar-refractivity contribution in [3.8, 4) is 11.1 Å². The van der Waals surface area contributed by atoms with E-state index < -0.39 is 30.2 Å². The molecule has 4 heteroatoms. The topological polar surface area (TPSA) is 0 Å². The van der Waals surface area contributed by atoms with Crippen LogP contribution < -0.4 is 0 Å². The lowest BCUT2D eigenvalue weighted by atomic mass is 9.97. The van der Waals surface area contributed by atoms with Crippen molar-refractivity contribution in [2.45, 2.75) is 147 Å². The molecule has 6 aromatic carbocycles. The number of benzene rings is 6. The minimum atomic E-state index is -0.620. The van der Waals surface area contributed by atoms with E-state index in [9.17, 15) is 0 Å². The van der Waals surface area contributed by atoms with Gasteiger partial charge in [0.15, 0.2) is 0 Å². The van der Waals surface area contributed by atoms with Crippen LogP contribution in [0.15, 0.2) is 97.1 Å². The monoisotopic (exact) mass is 942 g/mol. The second kappa shape index (κ2) is 18.3. The van der Waals surface area contributed by atoms with Gasteiger partial charge < -0.3 is 0 Å². The van der Waals surface area contributed by atoms with E-state index in [-0.39, 0.29) is 10.3 Å². The first-order valence-electron chi connectivity index (χ1n) is 24.1. The van der Waals surface area contributed by atoms with Crippen LogP contribution in [0.1, 0.15) is 142 Å². The highest BCUT2D eigenvalue weighted by molar-refractivity contribution is 8.16. The molecule has 0 aromatic heterocycles. The molecule has 0 saturated carbocycles. The third kappa shape index (κ3) is 8.89. The molecule has 0 spiro atoms. The lowest BCUT2D eigenvalue weighted by molar-refractivity contribution is 0.796. The van der Waals surface area contributed by atoms with Gasteiger partial charge >= 0.3 is 0 Å². The first kappa shape index (κ1) is 48.7. The average Bonchev–Trinajstić information content (AvgIpc) is 3.17. The Morgan fingerprint density at radius 1 is 0.318 bits per heavy atom. The fourth-order valence-corrected chi connectivity index (χ4v) is 31.0. The molecule has 66 heavy (non-hydrogen) atoms. The molecular formula is C62H74P4. The van der Waals surface area contributed by atoms with Crippen molar-refractivity contribution in [1.29, 1.82) is 0 Å². The van der Waals surface area contributed by atoms with Crippen molar-refractivity contribution >= 4 is 50.3 Å². The molecule has 0 saturated heterocycles. The van der Waals surface area contributed by atoms with Gasteiger partial charge in [0, 0.05) is 32.5 Å². The highest BCUT2D eigenvalue weighted by atomic mass is 31.2. The molecule has 8 rings (SSSR count). The summed E-state index contributed by atoms with van der Waals surface area (Å²) in [5.41, 5.74) is 29.0. The fraction of sp³-hybridized carbons (Fsp3) is 0.355. The maximum Gasteiger partial charge on any atom is 0.0129 e. The van der Waals surface area contributed by atoms with Crippen LogP contribution in [0, 0.1) is 83.1 Å². The molecule has 2 aliphatic heterocycles. The van der Waals surface area contributed by atoms with Gasteiger partial charge in [-0.05, 0) is 198 Å². The average molecular weight is 943 g/mol. The summed E-state index contributed by atoms with van der Waals surface area (Å²) in [5.74, 6) is 0. The lowest BCUT2D eigenvalue weighted by Crippen LogP contribution is -2.29. The van der Waals surface area contributed by atoms with Crippen LogP contribution in [0.2, 0.25) is 0 Å². The van der Waals surface area contributed by atoms with E-state index in [0.29, 0.717) is 0 Å². The number of rotatable bonds is 9. The fourth-order valence-electron chi connectivity index (χ4n) is 11.7. The van der Waals surface area contributed by atoms with E-state index >= 15 is 0 Å². The summed E-state index contributed by atoms with van der Waals surface area (Å²) in [6, 6.07) is 38.6. The van der Waals surface area contributed by atoms with Gasteiger partial charge in [0.05, 0.1) is 0 Å². The van der Waals surface area contributed by atoms with Crippen molar-refractivity contribution in [2.24, 2.45) is 0 Å². The van der Waals surface area contributed by atoms with Crippen molar-refractivity contribution in [3.05, 3.63) is 197 Å². The standard InChI is InChI=1S/C62H74P4/c1-37-27-41(5)53(42(6)28-37)57-63(58(65(57)61(13,14)15)54-43(7)29-38(2)30-44(54)8)35-49-23-19-21-25-51(49)52-26-22-20-24-50(52)36-64-59(55-45(9)31-39(3)32-46(55)10)66(62(16,17)18)60(64)56-47(11)33-40(4)34-48(56)12/h19-34H,35-36H2,1-18H3. The van der Waals surface area contributed by atoms with Crippen LogP contribution in [0.4, 0.5) is 0 Å². The summed E-state index contributed by atoms with van der Waals surface area (Å²) >= 11 is 0. The second-order valence-corrected chi connectivity index (χ2v) is 33.2. The van der Waals surface area contributed by atoms with Crippen molar-refractivity contribution < 1.29 is 0 Å². The van der Waals surface area contributed by atoms with E-state index in [0.717, 1.165) is 12.3 Å². The van der Waals surface area contributed by atoms with Gasteiger partial charge in [0.1, 0.15) is 0 Å². The van der Waals surface area contributed by atoms with Crippen LogP contribution in [0.5, 0.6) is 0 Å². The molecule has 0 fully saturated rings. The van der Waals surface area contributed by atoms with E-state index in [1.165, 1.54) is 89.0 Å². The number of hydrogen-bond donors (Lipinski definition) is 0. The Morgan fingerprint density at radius 3 is 0.742 bits per heavy atom. The van der Waals surface area contributed by atoms with E-state index in [1.54, 1.807) is 42.4 Å². The van der Waals surface area contributed by atoms with Crippen LogP contribution in [-0.4, -0.2) is 30.5 Å². The molecule has 0 unspecified atom stereocenters. The molecule has 2 heterocycles. The molecule has 0 radical (unpaired) electrons. The van der Waals surface area contributed by atoms with Crippen LogP contribution >= 0.6 is 30.2 Å². The van der Waals surface area contributed by atoms with Crippen molar-refractivity contribution in [1.82, 2.24) is 0 Å². The zero-order valence-electron chi connectivity index (χ0n) is 43.4. The highest BCUT2D eigenvalue weighted by Crippen LogP contribution is 2.70. The SMILES string of the molecule is Cc1cc(C)c(C2=P(Cc3ccccc3-c3ccccc3CP3=C(c4c(C)cc(C)cc4C)P(C(C)(C)C)C=3c3c(C)cc(C)cc3C)=C(c3c(C)cc(C)cc3C)P2C(C)(C)C)c(C)c1. The zero-order chi connectivity index (χ0) is 47.9. The minimum Gasteiger partial charge on any atom is -0.103 e. The van der Waals surface area contributed by atoms with E-state index in [4.69, 9.17) is 0 Å². The zero-order valence-corrected chi connectivity index (χ0v) is 47.0. The van der Waals surface area contributed by atoms with Crippen LogP contribution in [0.3, 0.4) is 0 Å². The van der Waals surface area contributed by atoms with Crippen molar-refractivity contribution in [3.63, 3.8) is 0 Å². The molecule has 0 atom stereocenters. The van der Waals surface area contributed by atoms with E-state index in [1.807, 2.05) is 0 Å². The summed E-state index contributed by atoms with van der Waals surface area (Å²) in [5, 5.41) is 7.33. The number of hydrogen-bond acceptors (Lipinski definition) is 0. The quantitative estimate of drug-likeness (QED) is 0.127. The molecule has 0 N–H and O–H groups in total. The maximum atomic E-state index is 2.51. The van der Waals surface area contributed by atoms with Gasteiger partial charge in [-0.25, -0.2) is 0 Å². The largest absolute Gasteiger partial charge is 0.103 e. The molecule has 0 amide bonds. The summed E-state index contributed by atoms with van der Waals surface area (Å²) in [4.78, 5) is 0. The van der Waals surface area contributed by atoms with Crippen LogP contribution in [-0.2, 0) is 12.3 Å². The molecular weight excluding hydrogens is 869 g/mol. The van der Waals surface area contributed by atoms with Gasteiger partial charge in [-0.15, -0.1) is 14.3 Å². The Bertz CT molecular complexity index is 2720. The Labute approximate surface area is 403 Å². The predicted octanol–water partition coefficient (Wildman–Crippen LogP) is 18.3. The lowest BCUT2D eigenvalue weighted by Gasteiger charge is -2.45. The molecule has 342 valence electrons. The summed E-state index contributed by atoms with van der Waals surface area (Å²) in [6.45, 7) is 43.1. The van der Waals surface area contributed by atoms with Gasteiger partial charge in [0.2, 0.25) is 0 Å². The second-order valence-electron chi connectivity index (χ2n) is 21.9. The Hall–Kier alpha value is -3.74. The molecule has 0 nitrogen and oxygen atoms in total. The Balaban J connectivity index is 1.38. The first-order valence-corrected chi connectivity index (χ1v) is 29.8. The van der Waals surface area contributed by atoms with Crippen molar-refractivity contribution in [2.75, 3.05) is 0 Å². The summed E-state index contributed by atoms with van der Waals surface area (Å²) < 4.78 is 0. The van der Waals surface area contributed by atoms with Gasteiger partial charge in [-0.1, -0.05) is 161 Å². The predicted molar refractivity (Wildman–Crippen MR) is 306 cm³/mol. The van der Waals surface area contributed by atoms with Gasteiger partial charge in [-0.3, -0.25) is 0 Å². The molecule has 0 aliphatic carbocycles. The summed E-state index contributed by atoms with van der Waals surface area (Å²) in [6.07, 6.45) is 2.11. The van der Waals surface area contributed by atoms with Crippen LogP contribution in [0.25, 0.3) is 11.1 Å². The number of aryl methyl sites for hydroxylation is 12. The van der Waals surface area contributed by atoms with Gasteiger partial charge in [-0.2, -0.15) is 0 Å². The normalized spacial score (nSPS) is 17.7. The molecule has 2 aliphatic rings. The smallest absolute Gasteiger partial charge is 0.0129 e. The molecule has 6 aromatic rings. The van der Waals surface area contributed by atoms with Gasteiger partial charge in [0.25, 0.3) is 0 Å². The highest BCUT2D eigenvalue weighted by Gasteiger charge is 2.44. The third-order valence-electron chi connectivity index (χ3n) is 13.8. The first-order chi connectivity index (χ1) is 31.0. The Morgan fingerprint density at radius 2 is 0.530 bits per heavy atom. The van der Waals surface area contributed by atoms with E-state index in [2.05, 4.69) is 222 Å². The third-order valence-corrected chi connectivity index (χ3v) is 28.6.